The number of amides is 1. The maximum absolute atomic E-state index is 12.0. The third-order valence-electron chi connectivity index (χ3n) is 2.42. The van der Waals surface area contributed by atoms with Crippen LogP contribution in [0.4, 0.5) is 0 Å². The average molecular weight is 356 g/mol. The number of nitrogens with zero attached hydrogens (tertiary/aromatic N) is 2. The summed E-state index contributed by atoms with van der Waals surface area (Å²) in [4.78, 5) is 30.6. The van der Waals surface area contributed by atoms with Crippen LogP contribution in [-0.2, 0) is 0 Å². The van der Waals surface area contributed by atoms with Crippen molar-refractivity contribution in [2.45, 2.75) is 13.0 Å². The van der Waals surface area contributed by atoms with Crippen LogP contribution in [0.25, 0.3) is 0 Å². The minimum absolute atomic E-state index is 0.0205. The summed E-state index contributed by atoms with van der Waals surface area (Å²) in [6.45, 7) is 1.74. The molecule has 1 amide bonds. The lowest BCUT2D eigenvalue weighted by Gasteiger charge is -2.10. The van der Waals surface area contributed by atoms with E-state index in [-0.39, 0.29) is 23.3 Å². The van der Waals surface area contributed by atoms with Gasteiger partial charge in [0.25, 0.3) is 5.91 Å². The second kappa shape index (κ2) is 6.10. The molecule has 0 spiro atoms. The third kappa shape index (κ3) is 3.40. The minimum atomic E-state index is -1.08. The molecule has 0 saturated heterocycles. The van der Waals surface area contributed by atoms with E-state index in [1.165, 1.54) is 22.9 Å². The number of carboxylic acid groups (broad SMARTS) is 1. The molecule has 0 aliphatic rings. The van der Waals surface area contributed by atoms with E-state index in [4.69, 9.17) is 5.11 Å². The van der Waals surface area contributed by atoms with E-state index < -0.39 is 5.97 Å². The van der Waals surface area contributed by atoms with Gasteiger partial charge in [0.15, 0.2) is 5.69 Å². The lowest BCUT2D eigenvalue weighted by Crippen LogP contribution is -2.27. The van der Waals surface area contributed by atoms with E-state index in [2.05, 4.69) is 31.2 Å². The highest BCUT2D eigenvalue weighted by Gasteiger charge is 2.17. The van der Waals surface area contributed by atoms with Gasteiger partial charge < -0.3 is 10.4 Å². The van der Waals surface area contributed by atoms with Crippen LogP contribution in [0.5, 0.6) is 0 Å². The molecule has 0 aromatic carbocycles. The Morgan fingerprint density at radius 1 is 1.40 bits per heavy atom. The maximum Gasteiger partial charge on any atom is 0.355 e. The molecule has 104 valence electrons. The van der Waals surface area contributed by atoms with Crippen molar-refractivity contribution in [1.82, 2.24) is 15.3 Å². The van der Waals surface area contributed by atoms with Crippen molar-refractivity contribution in [2.75, 3.05) is 0 Å². The first-order chi connectivity index (χ1) is 9.47. The van der Waals surface area contributed by atoms with Gasteiger partial charge in [0.2, 0.25) is 0 Å². The molecular formula is C12H10BrN3O3S. The molecule has 8 heteroatoms. The standard InChI is InChI=1S/C12H10BrN3O3S/c1-6(11-16-9(5-20-11)12(18)19)15-10(17)8-3-2-7(13)4-14-8/h2-6H,1H3,(H,15,17)(H,18,19). The molecule has 0 aliphatic carbocycles. The van der Waals surface area contributed by atoms with E-state index in [9.17, 15) is 9.59 Å². The molecule has 6 nitrogen and oxygen atoms in total. The van der Waals surface area contributed by atoms with Crippen molar-refractivity contribution in [3.05, 3.63) is 44.6 Å². The first kappa shape index (κ1) is 14.6. The summed E-state index contributed by atoms with van der Waals surface area (Å²) in [6, 6.07) is 2.93. The zero-order chi connectivity index (χ0) is 14.7. The van der Waals surface area contributed by atoms with Gasteiger partial charge in [0.1, 0.15) is 10.7 Å². The summed E-state index contributed by atoms with van der Waals surface area (Å²) in [5.74, 6) is -1.42. The molecule has 1 unspecified atom stereocenters. The van der Waals surface area contributed by atoms with Crippen LogP contribution in [-0.4, -0.2) is 27.0 Å². The normalized spacial score (nSPS) is 11.9. The maximum atomic E-state index is 12.0. The van der Waals surface area contributed by atoms with Crippen LogP contribution in [0.15, 0.2) is 28.2 Å². The highest BCUT2D eigenvalue weighted by Crippen LogP contribution is 2.18. The SMILES string of the molecule is CC(NC(=O)c1ccc(Br)cn1)c1nc(C(=O)O)cs1. The van der Waals surface area contributed by atoms with E-state index in [1.807, 2.05) is 0 Å². The Morgan fingerprint density at radius 2 is 2.15 bits per heavy atom. The molecule has 20 heavy (non-hydrogen) atoms. The van der Waals surface area contributed by atoms with Gasteiger partial charge in [-0.25, -0.2) is 14.8 Å². The quantitative estimate of drug-likeness (QED) is 0.878. The van der Waals surface area contributed by atoms with Crippen molar-refractivity contribution in [2.24, 2.45) is 0 Å². The molecule has 0 fully saturated rings. The van der Waals surface area contributed by atoms with Gasteiger partial charge in [0, 0.05) is 16.0 Å². The number of carbonyl (C=O) groups is 2. The molecule has 0 radical (unpaired) electrons. The van der Waals surface area contributed by atoms with Crippen LogP contribution < -0.4 is 5.32 Å². The Morgan fingerprint density at radius 3 is 2.70 bits per heavy atom. The van der Waals surface area contributed by atoms with Crippen molar-refractivity contribution in [1.29, 1.82) is 0 Å². The topological polar surface area (TPSA) is 92.2 Å². The Hall–Kier alpha value is -1.80. The van der Waals surface area contributed by atoms with Crippen LogP contribution >= 0.6 is 27.3 Å². The molecule has 2 N–H and O–H groups in total. The smallest absolute Gasteiger partial charge is 0.355 e. The predicted octanol–water partition coefficient (Wildman–Crippen LogP) is 2.49. The molecular weight excluding hydrogens is 346 g/mol. The highest BCUT2D eigenvalue weighted by atomic mass is 79.9. The summed E-state index contributed by atoms with van der Waals surface area (Å²) in [7, 11) is 0. The van der Waals surface area contributed by atoms with Gasteiger partial charge in [-0.2, -0.15) is 0 Å². The number of halogens is 1. The van der Waals surface area contributed by atoms with Crippen molar-refractivity contribution in [3.8, 4) is 0 Å². The molecule has 2 heterocycles. The largest absolute Gasteiger partial charge is 0.476 e. The number of aromatic carboxylic acids is 1. The van der Waals surface area contributed by atoms with Crippen LogP contribution in [0, 0.1) is 0 Å². The molecule has 2 aromatic heterocycles. The second-order valence-corrected chi connectivity index (χ2v) is 5.74. The first-order valence-electron chi connectivity index (χ1n) is 5.58. The monoisotopic (exact) mass is 355 g/mol. The van der Waals surface area contributed by atoms with E-state index in [0.717, 1.165) is 4.47 Å². The zero-order valence-corrected chi connectivity index (χ0v) is 12.7. The molecule has 0 saturated carbocycles. The molecule has 0 bridgehead atoms. The van der Waals surface area contributed by atoms with Crippen molar-refractivity contribution >= 4 is 39.1 Å². The van der Waals surface area contributed by atoms with Crippen molar-refractivity contribution < 1.29 is 14.7 Å². The zero-order valence-electron chi connectivity index (χ0n) is 10.3. The number of carbonyl (C=O) groups excluding carboxylic acids is 1. The van der Waals surface area contributed by atoms with Crippen LogP contribution in [0.1, 0.15) is 39.0 Å². The molecule has 1 atom stereocenters. The fourth-order valence-corrected chi connectivity index (χ4v) is 2.46. The fraction of sp³-hybridized carbons (Fsp3) is 0.167. The number of aromatic nitrogens is 2. The molecule has 2 aromatic rings. The van der Waals surface area contributed by atoms with Crippen LogP contribution in [0.2, 0.25) is 0 Å². The average Bonchev–Trinajstić information content (AvgIpc) is 2.89. The summed E-state index contributed by atoms with van der Waals surface area (Å²) in [5.41, 5.74) is 0.267. The number of carboxylic acids is 1. The Labute approximate surface area is 127 Å². The molecule has 2 rings (SSSR count). The van der Waals surface area contributed by atoms with Gasteiger partial charge in [-0.1, -0.05) is 0 Å². The summed E-state index contributed by atoms with van der Waals surface area (Å²) < 4.78 is 0.785. The summed E-state index contributed by atoms with van der Waals surface area (Å²) >= 11 is 4.43. The Balaban J connectivity index is 2.06. The minimum Gasteiger partial charge on any atom is -0.476 e. The van der Waals surface area contributed by atoms with Crippen LogP contribution in [0.3, 0.4) is 0 Å². The second-order valence-electron chi connectivity index (χ2n) is 3.93. The summed E-state index contributed by atoms with van der Waals surface area (Å²) in [6.07, 6.45) is 1.53. The molecule has 0 aliphatic heterocycles. The van der Waals surface area contributed by atoms with E-state index in [0.29, 0.717) is 5.01 Å². The number of thiazole rings is 1. The van der Waals surface area contributed by atoms with Crippen molar-refractivity contribution in [3.63, 3.8) is 0 Å². The van der Waals surface area contributed by atoms with E-state index >= 15 is 0 Å². The Bertz CT molecular complexity index is 642. The van der Waals surface area contributed by atoms with E-state index in [1.54, 1.807) is 19.1 Å². The fourth-order valence-electron chi connectivity index (χ4n) is 1.43. The number of hydrogen-bond donors (Lipinski definition) is 2. The number of pyridine rings is 1. The van der Waals surface area contributed by atoms with Gasteiger partial charge >= 0.3 is 5.97 Å². The summed E-state index contributed by atoms with van der Waals surface area (Å²) in [5, 5.41) is 13.5. The number of rotatable bonds is 4. The predicted molar refractivity (Wildman–Crippen MR) is 76.9 cm³/mol. The lowest BCUT2D eigenvalue weighted by molar-refractivity contribution is 0.0691. The first-order valence-corrected chi connectivity index (χ1v) is 7.26. The van der Waals surface area contributed by atoms with Gasteiger partial charge in [-0.3, -0.25) is 4.79 Å². The Kier molecular flexibility index (Phi) is 4.46. The highest BCUT2D eigenvalue weighted by molar-refractivity contribution is 9.10. The third-order valence-corrected chi connectivity index (χ3v) is 3.92. The lowest BCUT2D eigenvalue weighted by atomic mass is 10.3. The number of nitrogens with one attached hydrogen (secondary N) is 1. The van der Waals surface area contributed by atoms with Gasteiger partial charge in [0.05, 0.1) is 6.04 Å². The van der Waals surface area contributed by atoms with Gasteiger partial charge in [-0.05, 0) is 35.0 Å². The number of hydrogen-bond acceptors (Lipinski definition) is 5. The van der Waals surface area contributed by atoms with Gasteiger partial charge in [-0.15, -0.1) is 11.3 Å².